The number of aromatic nitrogens is 3. The predicted octanol–water partition coefficient (Wildman–Crippen LogP) is 3.51. The smallest absolute Gasteiger partial charge is 0.234 e. The van der Waals surface area contributed by atoms with E-state index in [4.69, 9.17) is 9.97 Å². The van der Waals surface area contributed by atoms with Crippen molar-refractivity contribution in [3.8, 4) is 11.4 Å². The van der Waals surface area contributed by atoms with E-state index in [1.54, 1.807) is 12.4 Å². The zero-order valence-electron chi connectivity index (χ0n) is 19.3. The Kier molecular flexibility index (Phi) is 6.48. The van der Waals surface area contributed by atoms with Gasteiger partial charge in [-0.1, -0.05) is 31.9 Å². The molecule has 33 heavy (non-hydrogen) atoms. The van der Waals surface area contributed by atoms with Gasteiger partial charge in [0.25, 0.3) is 0 Å². The van der Waals surface area contributed by atoms with Gasteiger partial charge in [0.05, 0.1) is 12.1 Å². The van der Waals surface area contributed by atoms with Crippen LogP contribution in [0.1, 0.15) is 32.6 Å². The van der Waals surface area contributed by atoms with Crippen molar-refractivity contribution in [2.75, 3.05) is 37.6 Å². The fraction of sp³-hybridized carbons (Fsp3) is 0.462. The summed E-state index contributed by atoms with van der Waals surface area (Å²) in [4.78, 5) is 31.1. The number of anilines is 1. The summed E-state index contributed by atoms with van der Waals surface area (Å²) >= 11 is 0. The molecule has 1 aromatic carbocycles. The Hall–Kier alpha value is -3.06. The van der Waals surface area contributed by atoms with Crippen LogP contribution in [-0.2, 0) is 4.79 Å². The van der Waals surface area contributed by atoms with E-state index in [0.717, 1.165) is 67.1 Å². The number of piperazine rings is 1. The minimum atomic E-state index is 0.162. The van der Waals surface area contributed by atoms with Gasteiger partial charge < -0.3 is 10.2 Å². The lowest BCUT2D eigenvalue weighted by Gasteiger charge is -2.36. The molecule has 1 aliphatic carbocycles. The molecular weight excluding hydrogens is 412 g/mol. The van der Waals surface area contributed by atoms with E-state index < -0.39 is 0 Å². The first-order valence-corrected chi connectivity index (χ1v) is 12.1. The standard InChI is InChI=1S/C26H32N6O/c1-19-5-4-6-21(17-19)28-24(33)18-31-13-15-32(16-14-31)26-22-7-2-3-8-23(22)29-25(30-26)20-9-11-27-12-10-20/h2-3,7-12,19,21H,4-6,13-18H2,1H3,(H,28,33). The van der Waals surface area contributed by atoms with Crippen LogP contribution in [0.25, 0.3) is 22.3 Å². The quantitative estimate of drug-likeness (QED) is 0.649. The number of para-hydroxylation sites is 1. The Labute approximate surface area is 195 Å². The Bertz CT molecular complexity index is 1100. The fourth-order valence-electron chi connectivity index (χ4n) is 5.09. The second-order valence-corrected chi connectivity index (χ2v) is 9.42. The molecule has 2 atom stereocenters. The SMILES string of the molecule is CC1CCCC(NC(=O)CN2CCN(c3nc(-c4ccncc4)nc4ccccc34)CC2)C1. The fourth-order valence-corrected chi connectivity index (χ4v) is 5.09. The number of nitrogens with one attached hydrogen (secondary N) is 1. The largest absolute Gasteiger partial charge is 0.353 e. The molecule has 1 amide bonds. The normalized spacial score (nSPS) is 21.8. The molecule has 2 fully saturated rings. The van der Waals surface area contributed by atoms with Crippen LogP contribution in [0.15, 0.2) is 48.8 Å². The van der Waals surface area contributed by atoms with Crippen LogP contribution >= 0.6 is 0 Å². The molecule has 7 heteroatoms. The molecule has 2 unspecified atom stereocenters. The van der Waals surface area contributed by atoms with Gasteiger partial charge in [0.1, 0.15) is 5.82 Å². The van der Waals surface area contributed by atoms with Crippen molar-refractivity contribution in [2.45, 2.75) is 38.6 Å². The highest BCUT2D eigenvalue weighted by Gasteiger charge is 2.24. The first kappa shape index (κ1) is 21.8. The third-order valence-electron chi connectivity index (χ3n) is 6.86. The van der Waals surface area contributed by atoms with Gasteiger partial charge in [-0.25, -0.2) is 9.97 Å². The molecule has 3 heterocycles. The number of nitrogens with zero attached hydrogens (tertiary/aromatic N) is 5. The molecule has 0 radical (unpaired) electrons. The van der Waals surface area contributed by atoms with Crippen molar-refractivity contribution >= 4 is 22.6 Å². The van der Waals surface area contributed by atoms with Crippen molar-refractivity contribution < 1.29 is 4.79 Å². The molecule has 172 valence electrons. The second kappa shape index (κ2) is 9.83. The highest BCUT2D eigenvalue weighted by atomic mass is 16.2. The summed E-state index contributed by atoms with van der Waals surface area (Å²) in [6.45, 7) is 6.13. The summed E-state index contributed by atoms with van der Waals surface area (Å²) in [6.07, 6.45) is 8.27. The monoisotopic (exact) mass is 444 g/mol. The lowest BCUT2D eigenvalue weighted by molar-refractivity contribution is -0.123. The number of rotatable bonds is 5. The molecule has 3 aromatic rings. The molecule has 0 spiro atoms. The van der Waals surface area contributed by atoms with Gasteiger partial charge in [0, 0.05) is 55.6 Å². The molecule has 1 aliphatic heterocycles. The molecule has 1 saturated heterocycles. The van der Waals surface area contributed by atoms with Crippen LogP contribution in [0, 0.1) is 5.92 Å². The van der Waals surface area contributed by atoms with Crippen LogP contribution in [-0.4, -0.2) is 64.5 Å². The minimum Gasteiger partial charge on any atom is -0.353 e. The third-order valence-corrected chi connectivity index (χ3v) is 6.86. The van der Waals surface area contributed by atoms with Gasteiger partial charge >= 0.3 is 0 Å². The zero-order chi connectivity index (χ0) is 22.6. The van der Waals surface area contributed by atoms with E-state index in [0.29, 0.717) is 18.5 Å². The Morgan fingerprint density at radius 1 is 1.03 bits per heavy atom. The highest BCUT2D eigenvalue weighted by Crippen LogP contribution is 2.28. The van der Waals surface area contributed by atoms with E-state index in [9.17, 15) is 4.79 Å². The van der Waals surface area contributed by atoms with E-state index in [1.165, 1.54) is 12.8 Å². The summed E-state index contributed by atoms with van der Waals surface area (Å²) in [5.74, 6) is 2.56. The maximum Gasteiger partial charge on any atom is 0.234 e. The van der Waals surface area contributed by atoms with Crippen LogP contribution in [0.2, 0.25) is 0 Å². The van der Waals surface area contributed by atoms with Crippen molar-refractivity contribution in [1.29, 1.82) is 0 Å². The Balaban J connectivity index is 1.26. The van der Waals surface area contributed by atoms with Gasteiger partial charge in [0.15, 0.2) is 5.82 Å². The number of fused-ring (bicyclic) bond motifs is 1. The van der Waals surface area contributed by atoms with Gasteiger partial charge in [-0.15, -0.1) is 0 Å². The van der Waals surface area contributed by atoms with E-state index >= 15 is 0 Å². The summed E-state index contributed by atoms with van der Waals surface area (Å²) < 4.78 is 0. The number of amides is 1. The topological polar surface area (TPSA) is 74.2 Å². The average Bonchev–Trinajstić information content (AvgIpc) is 2.84. The lowest BCUT2D eigenvalue weighted by atomic mass is 9.87. The summed E-state index contributed by atoms with van der Waals surface area (Å²) in [5, 5.41) is 4.33. The van der Waals surface area contributed by atoms with Crippen LogP contribution < -0.4 is 10.2 Å². The Morgan fingerprint density at radius 2 is 1.82 bits per heavy atom. The number of pyridine rings is 1. The van der Waals surface area contributed by atoms with Crippen LogP contribution in [0.5, 0.6) is 0 Å². The van der Waals surface area contributed by atoms with Gasteiger partial charge in [-0.2, -0.15) is 0 Å². The first-order valence-electron chi connectivity index (χ1n) is 12.1. The average molecular weight is 445 g/mol. The molecule has 1 N–H and O–H groups in total. The van der Waals surface area contributed by atoms with Gasteiger partial charge in [-0.3, -0.25) is 14.7 Å². The first-order chi connectivity index (χ1) is 16.2. The predicted molar refractivity (Wildman–Crippen MR) is 131 cm³/mol. The number of carbonyl (C=O) groups is 1. The maximum atomic E-state index is 12.6. The van der Waals surface area contributed by atoms with Crippen LogP contribution in [0.3, 0.4) is 0 Å². The summed E-state index contributed by atoms with van der Waals surface area (Å²) in [7, 11) is 0. The minimum absolute atomic E-state index is 0.162. The van der Waals surface area contributed by atoms with E-state index in [1.807, 2.05) is 30.3 Å². The molecule has 2 aliphatic rings. The number of benzene rings is 1. The molecule has 1 saturated carbocycles. The van der Waals surface area contributed by atoms with Crippen molar-refractivity contribution in [3.05, 3.63) is 48.8 Å². The lowest BCUT2D eigenvalue weighted by Crippen LogP contribution is -2.51. The Morgan fingerprint density at radius 3 is 2.61 bits per heavy atom. The maximum absolute atomic E-state index is 12.6. The second-order valence-electron chi connectivity index (χ2n) is 9.42. The summed E-state index contributed by atoms with van der Waals surface area (Å²) in [5.41, 5.74) is 1.90. The molecule has 0 bridgehead atoms. The van der Waals surface area contributed by atoms with E-state index in [2.05, 4.69) is 33.1 Å². The van der Waals surface area contributed by atoms with Gasteiger partial charge in [-0.05, 0) is 43.0 Å². The number of hydrogen-bond acceptors (Lipinski definition) is 6. The highest BCUT2D eigenvalue weighted by molar-refractivity contribution is 5.91. The molecule has 2 aromatic heterocycles. The molecule has 7 nitrogen and oxygen atoms in total. The molecule has 5 rings (SSSR count). The zero-order valence-corrected chi connectivity index (χ0v) is 19.3. The third kappa shape index (κ3) is 5.14. The van der Waals surface area contributed by atoms with Crippen molar-refractivity contribution in [1.82, 2.24) is 25.2 Å². The summed E-state index contributed by atoms with van der Waals surface area (Å²) in [6, 6.07) is 12.4. The number of hydrogen-bond donors (Lipinski definition) is 1. The molecular formula is C26H32N6O. The number of carbonyl (C=O) groups excluding carboxylic acids is 1. The van der Waals surface area contributed by atoms with Crippen molar-refractivity contribution in [2.24, 2.45) is 5.92 Å². The van der Waals surface area contributed by atoms with E-state index in [-0.39, 0.29) is 5.91 Å². The van der Waals surface area contributed by atoms with Gasteiger partial charge in [0.2, 0.25) is 5.91 Å². The van der Waals surface area contributed by atoms with Crippen LogP contribution in [0.4, 0.5) is 5.82 Å². The van der Waals surface area contributed by atoms with Crippen molar-refractivity contribution in [3.63, 3.8) is 0 Å².